The Labute approximate surface area is 139 Å². The average molecular weight is 334 g/mol. The summed E-state index contributed by atoms with van der Waals surface area (Å²) >= 11 is 1.77. The number of benzene rings is 1. The third-order valence-electron chi connectivity index (χ3n) is 3.75. The Hall–Kier alpha value is -1.17. The Morgan fingerprint density at radius 2 is 1.82 bits per heavy atom. The van der Waals surface area contributed by atoms with Gasteiger partial charge in [0.1, 0.15) is 5.69 Å². The van der Waals surface area contributed by atoms with E-state index < -0.39 is 9.04 Å². The standard InChI is InChI=1S/C17H25N2OSSi/c1-13-11-14(2)19(3)17(18-13)21-12-16-7-5-15(6-8-16)9-10-22(4)20/h5-8,11,20,22H,9-10,12H2,1-4H3/q+1. The van der Waals surface area contributed by atoms with Gasteiger partial charge < -0.3 is 4.80 Å². The summed E-state index contributed by atoms with van der Waals surface area (Å²) in [4.78, 5) is 14.1. The molecule has 0 aliphatic carbocycles. The largest absolute Gasteiger partial charge is 0.435 e. The molecule has 0 amide bonds. The zero-order chi connectivity index (χ0) is 16.1. The first kappa shape index (κ1) is 17.2. The van der Waals surface area contributed by atoms with Crippen LogP contribution in [0.25, 0.3) is 0 Å². The smallest absolute Gasteiger partial charge is 0.359 e. The van der Waals surface area contributed by atoms with Crippen LogP contribution >= 0.6 is 11.8 Å². The molecule has 1 N–H and O–H groups in total. The third-order valence-corrected chi connectivity index (χ3v) is 5.97. The third kappa shape index (κ3) is 4.93. The van der Waals surface area contributed by atoms with Crippen molar-refractivity contribution in [3.63, 3.8) is 0 Å². The number of aryl methyl sites for hydroxylation is 3. The van der Waals surface area contributed by atoms with E-state index in [0.717, 1.165) is 29.1 Å². The molecule has 1 aromatic heterocycles. The van der Waals surface area contributed by atoms with Crippen molar-refractivity contribution in [2.75, 3.05) is 0 Å². The van der Waals surface area contributed by atoms with Crippen molar-refractivity contribution in [3.8, 4) is 0 Å². The lowest BCUT2D eigenvalue weighted by Crippen LogP contribution is -2.36. The number of nitrogens with zero attached hydrogens (tertiary/aromatic N) is 2. The van der Waals surface area contributed by atoms with Crippen LogP contribution in [0.1, 0.15) is 22.5 Å². The van der Waals surface area contributed by atoms with Crippen molar-refractivity contribution in [2.24, 2.45) is 7.05 Å². The minimum absolute atomic E-state index is 0.926. The zero-order valence-corrected chi connectivity index (χ0v) is 15.8. The number of thioether (sulfide) groups is 1. The fourth-order valence-corrected chi connectivity index (χ4v) is 4.05. The lowest BCUT2D eigenvalue weighted by Gasteiger charge is -2.05. The lowest BCUT2D eigenvalue weighted by atomic mass is 10.1. The maximum Gasteiger partial charge on any atom is 0.359 e. The van der Waals surface area contributed by atoms with Gasteiger partial charge in [0.05, 0.1) is 7.05 Å². The quantitative estimate of drug-likeness (QED) is 0.382. The SMILES string of the molecule is Cc1cc(C)[n+](C)c(SCc2ccc(CC[SiH](C)O)cc2)n1. The van der Waals surface area contributed by atoms with E-state index in [9.17, 15) is 4.80 Å². The molecule has 0 bridgehead atoms. The molecule has 1 unspecified atom stereocenters. The van der Waals surface area contributed by atoms with E-state index in [2.05, 4.69) is 53.9 Å². The van der Waals surface area contributed by atoms with Crippen molar-refractivity contribution >= 4 is 20.8 Å². The van der Waals surface area contributed by atoms with E-state index in [1.54, 1.807) is 11.8 Å². The average Bonchev–Trinajstić information content (AvgIpc) is 2.48. The van der Waals surface area contributed by atoms with Crippen LogP contribution in [0, 0.1) is 13.8 Å². The van der Waals surface area contributed by atoms with Crippen molar-refractivity contribution in [1.29, 1.82) is 0 Å². The van der Waals surface area contributed by atoms with Gasteiger partial charge in [0.15, 0.2) is 14.7 Å². The molecule has 118 valence electrons. The topological polar surface area (TPSA) is 37.0 Å². The molecule has 1 heterocycles. The Bertz CT molecular complexity index is 629. The first-order valence-electron chi connectivity index (χ1n) is 7.68. The molecule has 1 aromatic carbocycles. The van der Waals surface area contributed by atoms with E-state index in [-0.39, 0.29) is 0 Å². The van der Waals surface area contributed by atoms with E-state index >= 15 is 0 Å². The van der Waals surface area contributed by atoms with Gasteiger partial charge in [0, 0.05) is 18.7 Å². The second-order valence-electron chi connectivity index (χ2n) is 5.87. The molecule has 0 radical (unpaired) electrons. The van der Waals surface area contributed by atoms with Crippen LogP contribution in [0.4, 0.5) is 0 Å². The van der Waals surface area contributed by atoms with Crippen molar-refractivity contribution in [3.05, 3.63) is 52.8 Å². The Morgan fingerprint density at radius 1 is 1.18 bits per heavy atom. The van der Waals surface area contributed by atoms with Gasteiger partial charge in [-0.3, -0.25) is 0 Å². The van der Waals surface area contributed by atoms with E-state index in [4.69, 9.17) is 0 Å². The van der Waals surface area contributed by atoms with Gasteiger partial charge >= 0.3 is 5.16 Å². The summed E-state index contributed by atoms with van der Waals surface area (Å²) in [5.74, 6) is 0.926. The molecule has 3 nitrogen and oxygen atoms in total. The predicted molar refractivity (Wildman–Crippen MR) is 94.6 cm³/mol. The highest BCUT2D eigenvalue weighted by atomic mass is 32.2. The van der Waals surface area contributed by atoms with Crippen LogP contribution in [0.5, 0.6) is 0 Å². The molecular formula is C17H25N2OSSi+. The second-order valence-corrected chi connectivity index (χ2v) is 9.09. The number of aromatic nitrogens is 2. The monoisotopic (exact) mass is 333 g/mol. The molecule has 0 aliphatic rings. The van der Waals surface area contributed by atoms with Gasteiger partial charge in [-0.05, 0) is 53.8 Å². The summed E-state index contributed by atoms with van der Waals surface area (Å²) in [6.45, 7) is 6.12. The highest BCUT2D eigenvalue weighted by molar-refractivity contribution is 7.98. The minimum Gasteiger partial charge on any atom is -0.435 e. The van der Waals surface area contributed by atoms with Gasteiger partial charge in [0.25, 0.3) is 0 Å². The van der Waals surface area contributed by atoms with Crippen molar-refractivity contribution in [2.45, 2.75) is 43.8 Å². The maximum absolute atomic E-state index is 9.48. The van der Waals surface area contributed by atoms with Crippen LogP contribution in [0.3, 0.4) is 0 Å². The summed E-state index contributed by atoms with van der Waals surface area (Å²) in [6.07, 6.45) is 0.991. The Balaban J connectivity index is 1.97. The molecule has 0 fully saturated rings. The molecule has 5 heteroatoms. The Kier molecular flexibility index (Phi) is 6.17. The first-order chi connectivity index (χ1) is 10.5. The molecule has 1 atom stereocenters. The van der Waals surface area contributed by atoms with E-state index in [1.165, 1.54) is 16.8 Å². The van der Waals surface area contributed by atoms with E-state index in [1.807, 2.05) is 13.5 Å². The number of hydrogen-bond acceptors (Lipinski definition) is 3. The summed E-state index contributed by atoms with van der Waals surface area (Å²) < 4.78 is 2.14. The van der Waals surface area contributed by atoms with Gasteiger partial charge in [-0.15, -0.1) is 0 Å². The molecule has 2 aromatic rings. The highest BCUT2D eigenvalue weighted by Crippen LogP contribution is 2.19. The summed E-state index contributed by atoms with van der Waals surface area (Å²) in [5.41, 5.74) is 4.92. The van der Waals surface area contributed by atoms with E-state index in [0.29, 0.717) is 0 Å². The van der Waals surface area contributed by atoms with Crippen LogP contribution in [-0.4, -0.2) is 18.8 Å². The van der Waals surface area contributed by atoms with Gasteiger partial charge in [-0.1, -0.05) is 24.3 Å². The second kappa shape index (κ2) is 7.90. The van der Waals surface area contributed by atoms with Crippen LogP contribution in [0.2, 0.25) is 12.6 Å². The summed E-state index contributed by atoms with van der Waals surface area (Å²) in [7, 11) is 0.625. The van der Waals surface area contributed by atoms with Gasteiger partial charge in [0.2, 0.25) is 0 Å². The molecule has 0 saturated carbocycles. The number of hydrogen-bond donors (Lipinski definition) is 1. The molecular weight excluding hydrogens is 308 g/mol. The first-order valence-corrected chi connectivity index (χ1v) is 11.2. The van der Waals surface area contributed by atoms with Crippen LogP contribution < -0.4 is 4.57 Å². The highest BCUT2D eigenvalue weighted by Gasteiger charge is 2.14. The molecule has 2 rings (SSSR count). The minimum atomic E-state index is -1.44. The van der Waals surface area contributed by atoms with Crippen molar-refractivity contribution < 1.29 is 9.36 Å². The molecule has 0 spiro atoms. The summed E-state index contributed by atoms with van der Waals surface area (Å²) in [5, 5.41) is 1.06. The lowest BCUT2D eigenvalue weighted by molar-refractivity contribution is -0.719. The Morgan fingerprint density at radius 3 is 2.45 bits per heavy atom. The van der Waals surface area contributed by atoms with Crippen LogP contribution in [0.15, 0.2) is 35.5 Å². The van der Waals surface area contributed by atoms with Gasteiger partial charge in [-0.25, -0.2) is 4.57 Å². The fraction of sp³-hybridized carbons (Fsp3) is 0.412. The summed E-state index contributed by atoms with van der Waals surface area (Å²) in [6, 6.07) is 11.8. The fourth-order valence-electron chi connectivity index (χ4n) is 2.26. The number of rotatable bonds is 6. The van der Waals surface area contributed by atoms with Gasteiger partial charge in [-0.2, -0.15) is 0 Å². The normalized spacial score (nSPS) is 12.4. The zero-order valence-electron chi connectivity index (χ0n) is 13.8. The van der Waals surface area contributed by atoms with Crippen LogP contribution in [-0.2, 0) is 19.2 Å². The maximum atomic E-state index is 9.48. The molecule has 0 saturated heterocycles. The molecule has 0 aliphatic heterocycles. The molecule has 22 heavy (non-hydrogen) atoms. The predicted octanol–water partition coefficient (Wildman–Crippen LogP) is 2.70. The van der Waals surface area contributed by atoms with Crippen molar-refractivity contribution in [1.82, 2.24) is 4.98 Å².